The van der Waals surface area contributed by atoms with E-state index < -0.39 is 12.2 Å². The molecule has 2 amide bonds. The standard InChI is InChI=1S/C14H17N5O4/c1-4-18(13(20)21)10-6-9-11(16-8(3)7-15-9)12(17-10)19(5-2)14(22)23/h6-7H,4-5H2,1-3H3,(H,20,21)(H,22,23)/p-2. The highest BCUT2D eigenvalue weighted by Crippen LogP contribution is 2.26. The number of fused-ring (bicyclic) bond motifs is 1. The van der Waals surface area contributed by atoms with Crippen LogP contribution in [0.15, 0.2) is 12.3 Å². The van der Waals surface area contributed by atoms with Crippen LogP contribution < -0.4 is 20.0 Å². The van der Waals surface area contributed by atoms with Crippen molar-refractivity contribution in [3.05, 3.63) is 18.0 Å². The van der Waals surface area contributed by atoms with Gasteiger partial charge < -0.3 is 29.6 Å². The molecule has 2 aromatic heterocycles. The molecule has 0 radical (unpaired) electrons. The molecule has 9 heteroatoms. The number of carbonyl (C=O) groups is 2. The molecule has 0 aromatic carbocycles. The molecule has 2 rings (SSSR count). The first-order valence-corrected chi connectivity index (χ1v) is 7.00. The van der Waals surface area contributed by atoms with Crippen LogP contribution in [0.3, 0.4) is 0 Å². The van der Waals surface area contributed by atoms with Crippen molar-refractivity contribution in [2.75, 3.05) is 22.9 Å². The number of pyridine rings is 1. The van der Waals surface area contributed by atoms with Crippen molar-refractivity contribution in [2.45, 2.75) is 20.8 Å². The normalized spacial score (nSPS) is 10.6. The van der Waals surface area contributed by atoms with Crippen LogP contribution in [-0.4, -0.2) is 40.2 Å². The van der Waals surface area contributed by atoms with Crippen LogP contribution in [0, 0.1) is 6.92 Å². The lowest BCUT2D eigenvalue weighted by molar-refractivity contribution is -0.247. The average Bonchev–Trinajstić information content (AvgIpc) is 2.48. The van der Waals surface area contributed by atoms with E-state index in [0.29, 0.717) is 11.2 Å². The van der Waals surface area contributed by atoms with Crippen molar-refractivity contribution in [3.63, 3.8) is 0 Å². The van der Waals surface area contributed by atoms with Gasteiger partial charge in [0.15, 0.2) is 5.82 Å². The van der Waals surface area contributed by atoms with Gasteiger partial charge in [-0.15, -0.1) is 0 Å². The van der Waals surface area contributed by atoms with E-state index in [2.05, 4.69) is 15.0 Å². The van der Waals surface area contributed by atoms with Gasteiger partial charge in [-0.3, -0.25) is 4.98 Å². The molecule has 122 valence electrons. The van der Waals surface area contributed by atoms with Gasteiger partial charge in [-0.25, -0.2) is 9.97 Å². The van der Waals surface area contributed by atoms with Gasteiger partial charge in [0.05, 0.1) is 11.2 Å². The summed E-state index contributed by atoms with van der Waals surface area (Å²) in [4.78, 5) is 36.9. The molecule has 0 unspecified atom stereocenters. The molecule has 0 atom stereocenters. The Hall–Kier alpha value is -2.97. The number of aryl methyl sites for hydroxylation is 1. The molecule has 0 aliphatic heterocycles. The van der Waals surface area contributed by atoms with Crippen LogP contribution in [0.25, 0.3) is 11.0 Å². The van der Waals surface area contributed by atoms with Crippen LogP contribution in [0.2, 0.25) is 0 Å². The summed E-state index contributed by atoms with van der Waals surface area (Å²) >= 11 is 0. The van der Waals surface area contributed by atoms with Gasteiger partial charge in [0.1, 0.15) is 23.5 Å². The Morgan fingerprint density at radius 3 is 2.22 bits per heavy atom. The summed E-state index contributed by atoms with van der Waals surface area (Å²) in [7, 11) is 0. The van der Waals surface area contributed by atoms with E-state index in [0.717, 1.165) is 9.80 Å². The fourth-order valence-corrected chi connectivity index (χ4v) is 2.15. The van der Waals surface area contributed by atoms with Gasteiger partial charge in [-0.05, 0) is 20.8 Å². The van der Waals surface area contributed by atoms with E-state index in [9.17, 15) is 19.8 Å². The number of hydrogen-bond acceptors (Lipinski definition) is 7. The maximum Gasteiger partial charge on any atom is 0.164 e. The van der Waals surface area contributed by atoms with Crippen LogP contribution in [0.4, 0.5) is 21.2 Å². The van der Waals surface area contributed by atoms with E-state index in [4.69, 9.17) is 0 Å². The van der Waals surface area contributed by atoms with E-state index in [-0.39, 0.29) is 30.2 Å². The Bertz CT molecular complexity index is 764. The molecule has 9 nitrogen and oxygen atoms in total. The summed E-state index contributed by atoms with van der Waals surface area (Å²) in [6.07, 6.45) is -1.40. The third-order valence-corrected chi connectivity index (χ3v) is 3.22. The molecule has 0 aliphatic carbocycles. The second-order valence-electron chi connectivity index (χ2n) is 4.70. The number of anilines is 2. The van der Waals surface area contributed by atoms with E-state index >= 15 is 0 Å². The summed E-state index contributed by atoms with van der Waals surface area (Å²) in [5.74, 6) is 0.00348. The second-order valence-corrected chi connectivity index (χ2v) is 4.70. The third-order valence-electron chi connectivity index (χ3n) is 3.22. The maximum absolute atomic E-state index is 11.3. The Morgan fingerprint density at radius 1 is 1.09 bits per heavy atom. The van der Waals surface area contributed by atoms with Gasteiger partial charge in [0.25, 0.3) is 0 Å². The van der Waals surface area contributed by atoms with Crippen LogP contribution in [-0.2, 0) is 0 Å². The lowest BCUT2D eigenvalue weighted by Gasteiger charge is -2.27. The number of carbonyl (C=O) groups excluding carboxylic acids is 2. The number of amides is 2. The smallest absolute Gasteiger partial charge is 0.164 e. The zero-order chi connectivity index (χ0) is 17.1. The molecule has 0 fully saturated rings. The molecule has 2 heterocycles. The first-order chi connectivity index (χ1) is 10.9. The molecule has 2 aromatic rings. The fourth-order valence-electron chi connectivity index (χ4n) is 2.15. The highest BCUT2D eigenvalue weighted by atomic mass is 16.4. The van der Waals surface area contributed by atoms with E-state index in [1.54, 1.807) is 20.8 Å². The Kier molecular flexibility index (Phi) is 4.58. The first kappa shape index (κ1) is 16.4. The van der Waals surface area contributed by atoms with Gasteiger partial charge in [-0.1, -0.05) is 0 Å². The second kappa shape index (κ2) is 6.42. The number of aromatic nitrogens is 3. The zero-order valence-corrected chi connectivity index (χ0v) is 12.9. The molecule has 23 heavy (non-hydrogen) atoms. The van der Waals surface area contributed by atoms with Crippen LogP contribution in [0.5, 0.6) is 0 Å². The molecule has 0 bridgehead atoms. The SMILES string of the molecule is CCN(C(=O)[O-])c1cc2ncc(C)nc2c(N(CC)C(=O)[O-])n1. The topological polar surface area (TPSA) is 125 Å². The summed E-state index contributed by atoms with van der Waals surface area (Å²) < 4.78 is 0. The number of rotatable bonds is 4. The van der Waals surface area contributed by atoms with Crippen LogP contribution >= 0.6 is 0 Å². The molecule has 0 N–H and O–H groups in total. The fraction of sp³-hybridized carbons (Fsp3) is 0.357. The molecular weight excluding hydrogens is 302 g/mol. The minimum atomic E-state index is -1.46. The highest BCUT2D eigenvalue weighted by molar-refractivity contribution is 5.97. The summed E-state index contributed by atoms with van der Waals surface area (Å²) in [5.41, 5.74) is 1.17. The predicted molar refractivity (Wildman–Crippen MR) is 78.9 cm³/mol. The van der Waals surface area contributed by atoms with E-state index in [1.165, 1.54) is 12.3 Å². The van der Waals surface area contributed by atoms with Gasteiger partial charge >= 0.3 is 0 Å². The number of carboxylic acid groups (broad SMARTS) is 2. The van der Waals surface area contributed by atoms with Gasteiger partial charge in [0, 0.05) is 25.4 Å². The van der Waals surface area contributed by atoms with Crippen molar-refractivity contribution in [1.82, 2.24) is 15.0 Å². The average molecular weight is 317 g/mol. The Labute approximate surface area is 132 Å². The molecule has 0 aliphatic rings. The summed E-state index contributed by atoms with van der Waals surface area (Å²) in [5, 5.41) is 22.5. The summed E-state index contributed by atoms with van der Waals surface area (Å²) in [6.45, 7) is 5.09. The van der Waals surface area contributed by atoms with Gasteiger partial charge in [-0.2, -0.15) is 0 Å². The molecule has 0 saturated carbocycles. The monoisotopic (exact) mass is 317 g/mol. The van der Waals surface area contributed by atoms with Crippen LogP contribution in [0.1, 0.15) is 19.5 Å². The van der Waals surface area contributed by atoms with Crippen molar-refractivity contribution in [3.8, 4) is 0 Å². The molecule has 0 saturated heterocycles. The van der Waals surface area contributed by atoms with Crippen molar-refractivity contribution < 1.29 is 19.8 Å². The minimum Gasteiger partial charge on any atom is -0.530 e. The molecular formula is C14H15N5O4-2. The Balaban J connectivity index is 2.77. The van der Waals surface area contributed by atoms with Gasteiger partial charge in [0.2, 0.25) is 0 Å². The van der Waals surface area contributed by atoms with Crippen molar-refractivity contribution >= 4 is 34.9 Å². The maximum atomic E-state index is 11.3. The zero-order valence-electron chi connectivity index (χ0n) is 12.9. The predicted octanol–water partition coefficient (Wildman–Crippen LogP) is -0.328. The largest absolute Gasteiger partial charge is 0.530 e. The highest BCUT2D eigenvalue weighted by Gasteiger charge is 2.18. The Morgan fingerprint density at radius 2 is 1.70 bits per heavy atom. The quantitative estimate of drug-likeness (QED) is 0.756. The number of nitrogens with zero attached hydrogens (tertiary/aromatic N) is 5. The van der Waals surface area contributed by atoms with E-state index in [1.807, 2.05) is 0 Å². The minimum absolute atomic E-state index is 0.0177. The molecule has 0 spiro atoms. The van der Waals surface area contributed by atoms with Crippen molar-refractivity contribution in [2.24, 2.45) is 0 Å². The number of hydrogen-bond donors (Lipinski definition) is 0. The lowest BCUT2D eigenvalue weighted by atomic mass is 10.3. The first-order valence-electron chi connectivity index (χ1n) is 7.00. The third kappa shape index (κ3) is 3.12. The summed E-state index contributed by atoms with van der Waals surface area (Å²) in [6, 6.07) is 1.42. The van der Waals surface area contributed by atoms with Crippen molar-refractivity contribution in [1.29, 1.82) is 0 Å². The lowest BCUT2D eigenvalue weighted by Crippen LogP contribution is -2.43.